The van der Waals surface area contributed by atoms with Crippen LogP contribution in [0.1, 0.15) is 12.5 Å². The van der Waals surface area contributed by atoms with Gasteiger partial charge in [0, 0.05) is 17.1 Å². The van der Waals surface area contributed by atoms with Gasteiger partial charge >= 0.3 is 12.0 Å². The van der Waals surface area contributed by atoms with Crippen LogP contribution in [0.3, 0.4) is 0 Å². The zero-order valence-electron chi connectivity index (χ0n) is 16.5. The van der Waals surface area contributed by atoms with Crippen LogP contribution < -0.4 is 30.1 Å². The van der Waals surface area contributed by atoms with E-state index >= 15 is 0 Å². The van der Waals surface area contributed by atoms with Gasteiger partial charge in [-0.15, -0.1) is 11.3 Å². The van der Waals surface area contributed by atoms with Crippen LogP contribution in [0.5, 0.6) is 5.75 Å². The molecule has 0 saturated carbocycles. The number of aromatic nitrogens is 1. The maximum absolute atomic E-state index is 12.9. The number of rotatable bonds is 6. The van der Waals surface area contributed by atoms with E-state index in [0.717, 1.165) is 26.5 Å². The van der Waals surface area contributed by atoms with Crippen LogP contribution in [0.2, 0.25) is 0 Å². The van der Waals surface area contributed by atoms with E-state index in [4.69, 9.17) is 9.47 Å². The maximum atomic E-state index is 12.9. The highest BCUT2D eigenvalue weighted by molar-refractivity contribution is 9.10. The molecule has 9 nitrogen and oxygen atoms in total. The largest absolute Gasteiger partial charge is 0.496 e. The third kappa shape index (κ3) is 6.04. The number of nitrogens with zero attached hydrogens (tertiary/aromatic N) is 1. The number of esters is 1. The first-order valence-electron chi connectivity index (χ1n) is 8.74. The minimum absolute atomic E-state index is 0.163. The fourth-order valence-electron chi connectivity index (χ4n) is 2.41. The van der Waals surface area contributed by atoms with Gasteiger partial charge in [-0.1, -0.05) is 15.9 Å². The lowest BCUT2D eigenvalue weighted by Crippen LogP contribution is -2.43. The minimum Gasteiger partial charge on any atom is -0.496 e. The van der Waals surface area contributed by atoms with Gasteiger partial charge in [0.2, 0.25) is 5.91 Å². The molecular weight excluding hydrogens is 478 g/mol. The van der Waals surface area contributed by atoms with Crippen molar-refractivity contribution < 1.29 is 23.9 Å². The lowest BCUT2D eigenvalue weighted by Gasteiger charge is -2.04. The Balaban J connectivity index is 2.61. The van der Waals surface area contributed by atoms with E-state index in [9.17, 15) is 19.2 Å². The summed E-state index contributed by atoms with van der Waals surface area (Å²) in [6.45, 7) is 1.37. The van der Waals surface area contributed by atoms with Crippen molar-refractivity contribution in [3.05, 3.63) is 47.8 Å². The van der Waals surface area contributed by atoms with Crippen molar-refractivity contribution in [3.8, 4) is 5.75 Å². The third-order valence-corrected chi connectivity index (χ3v) is 5.28. The number of carbonyl (C=O) groups excluding carboxylic acids is 3. The fourth-order valence-corrected chi connectivity index (χ4v) is 3.81. The number of ether oxygens (including phenoxy) is 2. The first-order valence-corrected chi connectivity index (χ1v) is 10.3. The van der Waals surface area contributed by atoms with Crippen LogP contribution in [0, 0.1) is 0 Å². The van der Waals surface area contributed by atoms with Gasteiger partial charge < -0.3 is 14.8 Å². The molecule has 2 aromatic rings. The Morgan fingerprint density at radius 3 is 2.67 bits per heavy atom. The van der Waals surface area contributed by atoms with Crippen LogP contribution in [-0.4, -0.2) is 43.2 Å². The zero-order chi connectivity index (χ0) is 22.3. The first kappa shape index (κ1) is 23.4. The molecule has 0 aliphatic heterocycles. The molecule has 0 unspecified atom stereocenters. The SMILES string of the molecule is CCOC(=O)/C=c1\s/c(=C\c2cc(Br)ccc2OC)c(=O)n1CC(=O)NC(=O)NC. The molecule has 11 heteroatoms. The van der Waals surface area contributed by atoms with Crippen LogP contribution in [0.25, 0.3) is 12.2 Å². The van der Waals surface area contributed by atoms with Crippen LogP contribution >= 0.6 is 27.3 Å². The van der Waals surface area contributed by atoms with E-state index in [0.29, 0.717) is 11.3 Å². The van der Waals surface area contributed by atoms with E-state index < -0.39 is 30.0 Å². The molecule has 2 rings (SSSR count). The van der Waals surface area contributed by atoms with E-state index in [1.807, 2.05) is 0 Å². The summed E-state index contributed by atoms with van der Waals surface area (Å²) in [6.07, 6.45) is 2.74. The monoisotopic (exact) mass is 497 g/mol. The summed E-state index contributed by atoms with van der Waals surface area (Å²) in [4.78, 5) is 48.3. The van der Waals surface area contributed by atoms with Gasteiger partial charge in [0.05, 0.1) is 24.3 Å². The number of urea groups is 1. The standard InChI is InChI=1S/C19H20BrN3O6S/c1-4-29-17(25)9-16-23(10-15(24)22-19(27)21-2)18(26)14(30-16)8-11-7-12(20)5-6-13(11)28-3/h5-9H,4,10H2,1-3H3,(H2,21,22,24,27)/b14-8-,16-9-. The van der Waals surface area contributed by atoms with E-state index in [1.54, 1.807) is 31.2 Å². The van der Waals surface area contributed by atoms with Crippen molar-refractivity contribution in [1.29, 1.82) is 0 Å². The molecule has 0 bridgehead atoms. The molecule has 0 atom stereocenters. The Morgan fingerprint density at radius 2 is 2.03 bits per heavy atom. The Labute approximate surface area is 184 Å². The van der Waals surface area contributed by atoms with Crippen molar-refractivity contribution in [3.63, 3.8) is 0 Å². The zero-order valence-corrected chi connectivity index (χ0v) is 18.9. The second kappa shape index (κ2) is 10.7. The molecule has 1 aromatic heterocycles. The molecule has 0 spiro atoms. The Bertz CT molecular complexity index is 1140. The van der Waals surface area contributed by atoms with Crippen molar-refractivity contribution >= 4 is 57.3 Å². The summed E-state index contributed by atoms with van der Waals surface area (Å²) in [6, 6.07) is 4.61. The number of thiazole rings is 1. The summed E-state index contributed by atoms with van der Waals surface area (Å²) in [5.41, 5.74) is 0.138. The van der Waals surface area contributed by atoms with Crippen molar-refractivity contribution in [1.82, 2.24) is 15.2 Å². The normalized spacial score (nSPS) is 11.9. The minimum atomic E-state index is -0.709. The number of halogens is 1. The van der Waals surface area contributed by atoms with Gasteiger partial charge in [-0.3, -0.25) is 19.5 Å². The number of nitrogens with one attached hydrogen (secondary N) is 2. The Kier molecular flexibility index (Phi) is 8.36. The molecule has 3 amide bonds. The number of imide groups is 1. The third-order valence-electron chi connectivity index (χ3n) is 3.72. The van der Waals surface area contributed by atoms with Gasteiger partial charge in [0.25, 0.3) is 5.56 Å². The molecule has 2 N–H and O–H groups in total. The van der Waals surface area contributed by atoms with Gasteiger partial charge in [0.1, 0.15) is 17.0 Å². The van der Waals surface area contributed by atoms with Gasteiger partial charge in [-0.05, 0) is 31.2 Å². The highest BCUT2D eigenvalue weighted by Gasteiger charge is 2.13. The second-order valence-corrected chi connectivity index (χ2v) is 7.73. The summed E-state index contributed by atoms with van der Waals surface area (Å²) in [5.74, 6) is -0.809. The highest BCUT2D eigenvalue weighted by atomic mass is 79.9. The average molecular weight is 498 g/mol. The van der Waals surface area contributed by atoms with Crippen molar-refractivity contribution in [2.45, 2.75) is 13.5 Å². The van der Waals surface area contributed by atoms with Crippen LogP contribution in [0.4, 0.5) is 4.79 Å². The number of hydrogen-bond acceptors (Lipinski definition) is 7. The van der Waals surface area contributed by atoms with Gasteiger partial charge in [-0.25, -0.2) is 9.59 Å². The predicted molar refractivity (Wildman–Crippen MR) is 116 cm³/mol. The van der Waals surface area contributed by atoms with Crippen LogP contribution in [0.15, 0.2) is 27.5 Å². The number of benzene rings is 1. The van der Waals surface area contributed by atoms with Gasteiger partial charge in [-0.2, -0.15) is 0 Å². The summed E-state index contributed by atoms with van der Waals surface area (Å²) in [5, 5.41) is 4.34. The van der Waals surface area contributed by atoms with E-state index in [2.05, 4.69) is 26.6 Å². The van der Waals surface area contributed by atoms with E-state index in [-0.39, 0.29) is 15.8 Å². The van der Waals surface area contributed by atoms with Crippen molar-refractivity contribution in [2.24, 2.45) is 0 Å². The molecule has 1 heterocycles. The number of methoxy groups -OCH3 is 1. The topological polar surface area (TPSA) is 116 Å². The number of carbonyl (C=O) groups is 3. The lowest BCUT2D eigenvalue weighted by molar-refractivity contribution is -0.135. The van der Waals surface area contributed by atoms with E-state index in [1.165, 1.54) is 14.2 Å². The number of hydrogen-bond donors (Lipinski definition) is 2. The molecule has 0 aliphatic rings. The molecule has 160 valence electrons. The summed E-state index contributed by atoms with van der Waals surface area (Å²) in [7, 11) is 2.87. The molecule has 0 fully saturated rings. The molecule has 0 radical (unpaired) electrons. The Hall–Kier alpha value is -2.92. The molecule has 0 aliphatic carbocycles. The average Bonchev–Trinajstić information content (AvgIpc) is 2.96. The number of amides is 3. The fraction of sp³-hybridized carbons (Fsp3) is 0.263. The Morgan fingerprint density at radius 1 is 1.30 bits per heavy atom. The summed E-state index contributed by atoms with van der Waals surface area (Å²) < 4.78 is 12.6. The first-order chi connectivity index (χ1) is 14.3. The lowest BCUT2D eigenvalue weighted by atomic mass is 10.2. The predicted octanol–water partition coefficient (Wildman–Crippen LogP) is 0.309. The smallest absolute Gasteiger partial charge is 0.333 e. The molecule has 0 saturated heterocycles. The molecule has 1 aromatic carbocycles. The maximum Gasteiger partial charge on any atom is 0.333 e. The second-order valence-electron chi connectivity index (χ2n) is 5.75. The highest BCUT2D eigenvalue weighted by Crippen LogP contribution is 2.23. The van der Waals surface area contributed by atoms with Crippen LogP contribution in [-0.2, 0) is 20.9 Å². The van der Waals surface area contributed by atoms with Crippen molar-refractivity contribution in [2.75, 3.05) is 20.8 Å². The summed E-state index contributed by atoms with van der Waals surface area (Å²) >= 11 is 4.39. The molecule has 30 heavy (non-hydrogen) atoms. The molecular formula is C19H20BrN3O6S. The van der Waals surface area contributed by atoms with Gasteiger partial charge in [0.15, 0.2) is 0 Å². The quantitative estimate of drug-likeness (QED) is 0.554.